The van der Waals surface area contributed by atoms with Crippen molar-refractivity contribution in [2.75, 3.05) is 45.9 Å². The Balaban J connectivity index is 1.67. The fourth-order valence-electron chi connectivity index (χ4n) is 2.15. The van der Waals surface area contributed by atoms with Gasteiger partial charge in [-0.3, -0.25) is 9.80 Å². The van der Waals surface area contributed by atoms with E-state index in [0.29, 0.717) is 11.6 Å². The molecular weight excluding hydrogens is 260 g/mol. The summed E-state index contributed by atoms with van der Waals surface area (Å²) in [5, 5.41) is 0.668. The normalized spacial score (nSPS) is 17.1. The van der Waals surface area contributed by atoms with Gasteiger partial charge in [0.25, 0.3) is 0 Å². The van der Waals surface area contributed by atoms with E-state index in [9.17, 15) is 0 Å². The number of nitrogens with zero attached hydrogens (tertiary/aromatic N) is 2. The van der Waals surface area contributed by atoms with Gasteiger partial charge in [-0.2, -0.15) is 0 Å². The van der Waals surface area contributed by atoms with Gasteiger partial charge in [0.05, 0.1) is 11.6 Å². The van der Waals surface area contributed by atoms with Crippen LogP contribution in [0.5, 0.6) is 5.75 Å². The second-order valence-electron chi connectivity index (χ2n) is 4.60. The third-order valence-corrected chi connectivity index (χ3v) is 3.59. The molecule has 1 saturated heterocycles. The summed E-state index contributed by atoms with van der Waals surface area (Å²) < 4.78 is 5.69. The summed E-state index contributed by atoms with van der Waals surface area (Å²) in [4.78, 5) is 4.69. The molecule has 1 heterocycles. The minimum Gasteiger partial charge on any atom is -0.491 e. The molecule has 0 atom stereocenters. The molecule has 0 aliphatic carbocycles. The molecular formula is C15H19ClN2O. The second-order valence-corrected chi connectivity index (χ2v) is 5.01. The monoisotopic (exact) mass is 278 g/mol. The van der Waals surface area contributed by atoms with Crippen molar-refractivity contribution in [1.29, 1.82) is 0 Å². The Bertz CT molecular complexity index is 436. The highest BCUT2D eigenvalue weighted by atomic mass is 35.5. The number of para-hydroxylation sites is 1. The number of rotatable bonds is 5. The molecule has 1 aromatic rings. The lowest BCUT2D eigenvalue weighted by Gasteiger charge is -2.33. The average Bonchev–Trinajstić information content (AvgIpc) is 2.43. The van der Waals surface area contributed by atoms with Gasteiger partial charge in [-0.1, -0.05) is 29.7 Å². The van der Waals surface area contributed by atoms with Gasteiger partial charge in [-0.25, -0.2) is 0 Å². The van der Waals surface area contributed by atoms with Gasteiger partial charge >= 0.3 is 0 Å². The van der Waals surface area contributed by atoms with Crippen molar-refractivity contribution in [1.82, 2.24) is 9.80 Å². The van der Waals surface area contributed by atoms with Crippen LogP contribution in [0.1, 0.15) is 0 Å². The number of piperazine rings is 1. The van der Waals surface area contributed by atoms with Gasteiger partial charge in [0.15, 0.2) is 0 Å². The van der Waals surface area contributed by atoms with Crippen molar-refractivity contribution in [3.63, 3.8) is 0 Å². The highest BCUT2D eigenvalue weighted by Gasteiger charge is 2.15. The summed E-state index contributed by atoms with van der Waals surface area (Å²) in [6.45, 7) is 6.52. The molecule has 1 aromatic carbocycles. The van der Waals surface area contributed by atoms with E-state index >= 15 is 0 Å². The van der Waals surface area contributed by atoms with Crippen LogP contribution in [0.25, 0.3) is 0 Å². The SMILES string of the molecule is C#CCN1CCN(CCOc2ccccc2Cl)CC1. The molecule has 102 valence electrons. The Kier molecular flexibility index (Phi) is 5.53. The van der Waals surface area contributed by atoms with Crippen molar-refractivity contribution < 1.29 is 4.74 Å². The number of terminal acetylenes is 1. The third kappa shape index (κ3) is 4.43. The maximum Gasteiger partial charge on any atom is 0.137 e. The van der Waals surface area contributed by atoms with E-state index in [1.807, 2.05) is 24.3 Å². The van der Waals surface area contributed by atoms with Crippen LogP contribution in [0.3, 0.4) is 0 Å². The minimum atomic E-state index is 0.666. The van der Waals surface area contributed by atoms with E-state index in [0.717, 1.165) is 45.0 Å². The van der Waals surface area contributed by atoms with Gasteiger partial charge in [-0.05, 0) is 12.1 Å². The van der Waals surface area contributed by atoms with Crippen LogP contribution in [0, 0.1) is 12.3 Å². The Labute approximate surface area is 120 Å². The Hall–Kier alpha value is -1.21. The maximum atomic E-state index is 6.04. The smallest absolute Gasteiger partial charge is 0.137 e. The molecule has 0 aromatic heterocycles. The zero-order valence-electron chi connectivity index (χ0n) is 11.0. The Morgan fingerprint density at radius 3 is 2.53 bits per heavy atom. The lowest BCUT2D eigenvalue weighted by atomic mass is 10.3. The van der Waals surface area contributed by atoms with Crippen LogP contribution in [-0.2, 0) is 0 Å². The number of halogens is 1. The highest BCUT2D eigenvalue weighted by molar-refractivity contribution is 6.32. The van der Waals surface area contributed by atoms with Gasteiger partial charge in [0.2, 0.25) is 0 Å². The summed E-state index contributed by atoms with van der Waals surface area (Å²) in [6.07, 6.45) is 5.32. The van der Waals surface area contributed by atoms with Crippen LogP contribution < -0.4 is 4.74 Å². The fourth-order valence-corrected chi connectivity index (χ4v) is 2.34. The van der Waals surface area contributed by atoms with Gasteiger partial charge in [0, 0.05) is 32.7 Å². The Morgan fingerprint density at radius 1 is 1.16 bits per heavy atom. The van der Waals surface area contributed by atoms with E-state index in [1.165, 1.54) is 0 Å². The van der Waals surface area contributed by atoms with Crippen LogP contribution in [0.15, 0.2) is 24.3 Å². The van der Waals surface area contributed by atoms with Crippen molar-refractivity contribution in [2.45, 2.75) is 0 Å². The molecule has 19 heavy (non-hydrogen) atoms. The first-order valence-electron chi connectivity index (χ1n) is 6.55. The molecule has 0 radical (unpaired) electrons. The largest absolute Gasteiger partial charge is 0.491 e. The molecule has 0 bridgehead atoms. The van der Waals surface area contributed by atoms with E-state index in [-0.39, 0.29) is 0 Å². The van der Waals surface area contributed by atoms with Crippen molar-refractivity contribution in [3.05, 3.63) is 29.3 Å². The van der Waals surface area contributed by atoms with Gasteiger partial charge in [0.1, 0.15) is 12.4 Å². The van der Waals surface area contributed by atoms with E-state index in [1.54, 1.807) is 0 Å². The summed E-state index contributed by atoms with van der Waals surface area (Å²) >= 11 is 6.04. The molecule has 1 aliphatic rings. The van der Waals surface area contributed by atoms with Crippen LogP contribution >= 0.6 is 11.6 Å². The topological polar surface area (TPSA) is 15.7 Å². The molecule has 2 rings (SSSR count). The van der Waals surface area contributed by atoms with Crippen LogP contribution in [-0.4, -0.2) is 55.7 Å². The zero-order chi connectivity index (χ0) is 13.5. The summed E-state index contributed by atoms with van der Waals surface area (Å²) in [5.41, 5.74) is 0. The number of ether oxygens (including phenoxy) is 1. The first kappa shape index (κ1) is 14.2. The predicted molar refractivity (Wildman–Crippen MR) is 78.7 cm³/mol. The summed E-state index contributed by atoms with van der Waals surface area (Å²) in [6, 6.07) is 7.57. The van der Waals surface area contributed by atoms with Crippen molar-refractivity contribution in [3.8, 4) is 18.1 Å². The molecule has 1 aliphatic heterocycles. The molecule has 0 spiro atoms. The first-order chi connectivity index (χ1) is 9.29. The average molecular weight is 279 g/mol. The molecule has 0 saturated carbocycles. The first-order valence-corrected chi connectivity index (χ1v) is 6.93. The molecule has 3 nitrogen and oxygen atoms in total. The Morgan fingerprint density at radius 2 is 1.84 bits per heavy atom. The van der Waals surface area contributed by atoms with E-state index in [4.69, 9.17) is 22.8 Å². The molecule has 1 fully saturated rings. The third-order valence-electron chi connectivity index (χ3n) is 3.28. The summed E-state index contributed by atoms with van der Waals surface area (Å²) in [7, 11) is 0. The fraction of sp³-hybridized carbons (Fsp3) is 0.467. The van der Waals surface area contributed by atoms with Crippen molar-refractivity contribution >= 4 is 11.6 Å². The second kappa shape index (κ2) is 7.40. The molecule has 0 unspecified atom stereocenters. The quantitative estimate of drug-likeness (QED) is 0.766. The van der Waals surface area contributed by atoms with Gasteiger partial charge < -0.3 is 4.74 Å². The maximum absolute atomic E-state index is 6.04. The lowest BCUT2D eigenvalue weighted by Crippen LogP contribution is -2.47. The van der Waals surface area contributed by atoms with Crippen molar-refractivity contribution in [2.24, 2.45) is 0 Å². The number of benzene rings is 1. The predicted octanol–water partition coefficient (Wildman–Crippen LogP) is 1.97. The highest BCUT2D eigenvalue weighted by Crippen LogP contribution is 2.22. The number of hydrogen-bond acceptors (Lipinski definition) is 3. The zero-order valence-corrected chi connectivity index (χ0v) is 11.8. The molecule has 0 N–H and O–H groups in total. The standard InChI is InChI=1S/C15H19ClN2O/c1-2-7-17-8-10-18(11-9-17)12-13-19-15-6-4-3-5-14(15)16/h1,3-6H,7-13H2. The van der Waals surface area contributed by atoms with Gasteiger partial charge in [-0.15, -0.1) is 6.42 Å². The van der Waals surface area contributed by atoms with Crippen LogP contribution in [0.4, 0.5) is 0 Å². The number of hydrogen-bond donors (Lipinski definition) is 0. The molecule has 4 heteroatoms. The van der Waals surface area contributed by atoms with E-state index < -0.39 is 0 Å². The minimum absolute atomic E-state index is 0.666. The van der Waals surface area contributed by atoms with Crippen LogP contribution in [0.2, 0.25) is 5.02 Å². The van der Waals surface area contributed by atoms with E-state index in [2.05, 4.69) is 15.7 Å². The molecule has 0 amide bonds. The lowest BCUT2D eigenvalue weighted by molar-refractivity contribution is 0.126. The summed E-state index contributed by atoms with van der Waals surface area (Å²) in [5.74, 6) is 3.45.